The zero-order valence-corrected chi connectivity index (χ0v) is 12.0. The molecule has 0 aliphatic heterocycles. The van der Waals surface area contributed by atoms with E-state index in [1.54, 1.807) is 0 Å². The molecule has 3 rings (SSSR count). The Morgan fingerprint density at radius 1 is 1.28 bits per heavy atom. The molecule has 1 saturated carbocycles. The largest absolute Gasteiger partial charge is 0.314 e. The van der Waals surface area contributed by atoms with Gasteiger partial charge in [0.2, 0.25) is 0 Å². The van der Waals surface area contributed by atoms with Gasteiger partial charge in [-0.2, -0.15) is 0 Å². The van der Waals surface area contributed by atoms with Crippen molar-refractivity contribution in [1.29, 1.82) is 0 Å². The normalized spacial score (nSPS) is 15.3. The number of thioether (sulfide) groups is 1. The highest BCUT2D eigenvalue weighted by molar-refractivity contribution is 8.01. The molecule has 2 aromatic rings. The molecule has 1 aromatic heterocycles. The third-order valence-corrected chi connectivity index (χ3v) is 5.35. The molecular weight excluding hydrogens is 260 g/mol. The molecule has 1 aromatic carbocycles. The summed E-state index contributed by atoms with van der Waals surface area (Å²) < 4.78 is 2.52. The van der Waals surface area contributed by atoms with Gasteiger partial charge in [-0.1, -0.05) is 23.9 Å². The van der Waals surface area contributed by atoms with Crippen molar-refractivity contribution in [3.05, 3.63) is 24.3 Å². The predicted molar refractivity (Wildman–Crippen MR) is 80.6 cm³/mol. The Labute approximate surface area is 116 Å². The highest BCUT2D eigenvalue weighted by Gasteiger charge is 2.19. The van der Waals surface area contributed by atoms with Crippen molar-refractivity contribution in [3.63, 3.8) is 0 Å². The molecule has 0 bridgehead atoms. The van der Waals surface area contributed by atoms with Crippen LogP contribution in [-0.2, 0) is 0 Å². The van der Waals surface area contributed by atoms with Gasteiger partial charge in [-0.05, 0) is 44.4 Å². The van der Waals surface area contributed by atoms with Gasteiger partial charge in [-0.3, -0.25) is 0 Å². The second-order valence-corrected chi connectivity index (χ2v) is 7.10. The number of nitrogens with zero attached hydrogens (tertiary/aromatic N) is 1. The second-order valence-electron chi connectivity index (χ2n) is 4.73. The zero-order valence-electron chi connectivity index (χ0n) is 10.4. The molecule has 0 saturated heterocycles. The maximum absolute atomic E-state index is 4.63. The second kappa shape index (κ2) is 6.04. The van der Waals surface area contributed by atoms with Crippen molar-refractivity contribution in [2.75, 3.05) is 12.3 Å². The SMILES string of the molecule is c1ccc2sc(SCCCCNC3CC3)nc2c1. The van der Waals surface area contributed by atoms with Gasteiger partial charge in [0.15, 0.2) is 4.34 Å². The molecule has 1 aliphatic carbocycles. The topological polar surface area (TPSA) is 24.9 Å². The first-order valence-electron chi connectivity index (χ1n) is 6.63. The summed E-state index contributed by atoms with van der Waals surface area (Å²) in [6.07, 6.45) is 5.34. The van der Waals surface area contributed by atoms with Crippen LogP contribution in [0.4, 0.5) is 0 Å². The van der Waals surface area contributed by atoms with Gasteiger partial charge < -0.3 is 5.32 Å². The minimum atomic E-state index is 0.849. The Hall–Kier alpha value is -0.580. The molecule has 96 valence electrons. The van der Waals surface area contributed by atoms with E-state index in [2.05, 4.69) is 34.6 Å². The van der Waals surface area contributed by atoms with E-state index in [0.717, 1.165) is 11.6 Å². The van der Waals surface area contributed by atoms with E-state index in [1.165, 1.54) is 47.0 Å². The number of fused-ring (bicyclic) bond motifs is 1. The molecule has 4 heteroatoms. The average molecular weight is 278 g/mol. The first kappa shape index (κ1) is 12.5. The van der Waals surface area contributed by atoms with Crippen LogP contribution in [0.5, 0.6) is 0 Å². The van der Waals surface area contributed by atoms with Crippen molar-refractivity contribution in [2.24, 2.45) is 0 Å². The van der Waals surface area contributed by atoms with Crippen molar-refractivity contribution < 1.29 is 0 Å². The molecule has 0 amide bonds. The Kier molecular flexibility index (Phi) is 4.18. The van der Waals surface area contributed by atoms with Gasteiger partial charge in [-0.15, -0.1) is 11.3 Å². The highest BCUT2D eigenvalue weighted by Crippen LogP contribution is 2.29. The van der Waals surface area contributed by atoms with E-state index in [9.17, 15) is 0 Å². The van der Waals surface area contributed by atoms with Crippen LogP contribution in [0.15, 0.2) is 28.6 Å². The third-order valence-electron chi connectivity index (χ3n) is 3.08. The fraction of sp³-hybridized carbons (Fsp3) is 0.500. The quantitative estimate of drug-likeness (QED) is 0.614. The van der Waals surface area contributed by atoms with E-state index in [1.807, 2.05) is 23.1 Å². The van der Waals surface area contributed by atoms with Gasteiger partial charge in [0, 0.05) is 11.8 Å². The molecule has 0 radical (unpaired) electrons. The lowest BCUT2D eigenvalue weighted by molar-refractivity contribution is 0.640. The summed E-state index contributed by atoms with van der Waals surface area (Å²) in [6, 6.07) is 9.23. The molecule has 1 N–H and O–H groups in total. The number of hydrogen-bond acceptors (Lipinski definition) is 4. The Balaban J connectivity index is 1.39. The molecule has 0 spiro atoms. The van der Waals surface area contributed by atoms with Gasteiger partial charge in [0.05, 0.1) is 10.2 Å². The summed E-state index contributed by atoms with van der Waals surface area (Å²) in [7, 11) is 0. The molecule has 2 nitrogen and oxygen atoms in total. The van der Waals surface area contributed by atoms with Crippen LogP contribution in [0.25, 0.3) is 10.2 Å². The number of aromatic nitrogens is 1. The van der Waals surface area contributed by atoms with Crippen molar-refractivity contribution in [1.82, 2.24) is 10.3 Å². The molecule has 1 heterocycles. The summed E-state index contributed by atoms with van der Waals surface area (Å²) >= 11 is 3.71. The predicted octanol–water partition coefficient (Wildman–Crippen LogP) is 3.92. The van der Waals surface area contributed by atoms with E-state index in [0.29, 0.717) is 0 Å². The fourth-order valence-corrected chi connectivity index (χ4v) is 4.03. The Morgan fingerprint density at radius 3 is 3.00 bits per heavy atom. The lowest BCUT2D eigenvalue weighted by Crippen LogP contribution is -2.17. The first-order chi connectivity index (χ1) is 8.92. The third kappa shape index (κ3) is 3.46. The summed E-state index contributed by atoms with van der Waals surface area (Å²) in [5.41, 5.74) is 1.14. The number of thiazole rings is 1. The van der Waals surface area contributed by atoms with E-state index >= 15 is 0 Å². The summed E-state index contributed by atoms with van der Waals surface area (Å²) in [6.45, 7) is 1.19. The average Bonchev–Trinajstić information content (AvgIpc) is 3.11. The Morgan fingerprint density at radius 2 is 2.17 bits per heavy atom. The maximum Gasteiger partial charge on any atom is 0.151 e. The number of rotatable bonds is 7. The number of benzene rings is 1. The van der Waals surface area contributed by atoms with Crippen LogP contribution in [0.1, 0.15) is 25.7 Å². The zero-order chi connectivity index (χ0) is 12.2. The van der Waals surface area contributed by atoms with Gasteiger partial charge in [0.1, 0.15) is 0 Å². The molecule has 1 aliphatic rings. The van der Waals surface area contributed by atoms with Crippen LogP contribution in [-0.4, -0.2) is 23.3 Å². The van der Waals surface area contributed by atoms with Crippen LogP contribution in [0.3, 0.4) is 0 Å². The van der Waals surface area contributed by atoms with Crippen LogP contribution in [0.2, 0.25) is 0 Å². The number of nitrogens with one attached hydrogen (secondary N) is 1. The summed E-state index contributed by atoms with van der Waals surface area (Å²) in [4.78, 5) is 4.63. The van der Waals surface area contributed by atoms with Gasteiger partial charge in [0.25, 0.3) is 0 Å². The van der Waals surface area contributed by atoms with Crippen LogP contribution >= 0.6 is 23.1 Å². The number of para-hydroxylation sites is 1. The maximum atomic E-state index is 4.63. The molecular formula is C14H18N2S2. The van der Waals surface area contributed by atoms with E-state index in [4.69, 9.17) is 0 Å². The lowest BCUT2D eigenvalue weighted by Gasteiger charge is -2.01. The summed E-state index contributed by atoms with van der Waals surface area (Å²) in [5.74, 6) is 1.19. The van der Waals surface area contributed by atoms with Gasteiger partial charge in [-0.25, -0.2) is 4.98 Å². The van der Waals surface area contributed by atoms with E-state index in [-0.39, 0.29) is 0 Å². The molecule has 1 fully saturated rings. The molecule has 0 unspecified atom stereocenters. The molecule has 0 atom stereocenters. The van der Waals surface area contributed by atoms with Gasteiger partial charge >= 0.3 is 0 Å². The van der Waals surface area contributed by atoms with Crippen molar-refractivity contribution in [2.45, 2.75) is 36.1 Å². The smallest absolute Gasteiger partial charge is 0.151 e. The fourth-order valence-electron chi connectivity index (χ4n) is 1.89. The van der Waals surface area contributed by atoms with Crippen molar-refractivity contribution >= 4 is 33.3 Å². The van der Waals surface area contributed by atoms with E-state index < -0.39 is 0 Å². The lowest BCUT2D eigenvalue weighted by atomic mass is 10.3. The minimum Gasteiger partial charge on any atom is -0.314 e. The van der Waals surface area contributed by atoms with Crippen LogP contribution in [0, 0.1) is 0 Å². The monoisotopic (exact) mass is 278 g/mol. The first-order valence-corrected chi connectivity index (χ1v) is 8.44. The highest BCUT2D eigenvalue weighted by atomic mass is 32.2. The number of hydrogen-bond donors (Lipinski definition) is 1. The Bertz CT molecular complexity index is 472. The van der Waals surface area contributed by atoms with Crippen molar-refractivity contribution in [3.8, 4) is 0 Å². The number of unbranched alkanes of at least 4 members (excludes halogenated alkanes) is 1. The minimum absolute atomic E-state index is 0.849. The van der Waals surface area contributed by atoms with Crippen LogP contribution < -0.4 is 5.32 Å². The standard InChI is InChI=1S/C14H18N2S2/c1-2-6-13-12(5-1)16-14(18-13)17-10-4-3-9-15-11-7-8-11/h1-2,5-6,11,15H,3-4,7-10H2. The summed E-state index contributed by atoms with van der Waals surface area (Å²) in [5, 5.41) is 3.55. The molecule has 18 heavy (non-hydrogen) atoms.